The zero-order valence-corrected chi connectivity index (χ0v) is 12.8. The van der Waals surface area contributed by atoms with Gasteiger partial charge in [-0.25, -0.2) is 4.79 Å². The summed E-state index contributed by atoms with van der Waals surface area (Å²) in [6, 6.07) is 7.37. The van der Waals surface area contributed by atoms with Crippen LogP contribution in [-0.2, 0) is 5.41 Å². The third-order valence-electron chi connectivity index (χ3n) is 4.74. The maximum atomic E-state index is 10.8. The molecule has 2 N–H and O–H groups in total. The number of hydrogen-bond donors (Lipinski definition) is 2. The van der Waals surface area contributed by atoms with Gasteiger partial charge in [-0.1, -0.05) is 11.6 Å². The van der Waals surface area contributed by atoms with Gasteiger partial charge >= 0.3 is 6.09 Å². The van der Waals surface area contributed by atoms with Gasteiger partial charge in [-0.3, -0.25) is 0 Å². The Balaban J connectivity index is 1.58. The Hall–Kier alpha value is -2.08. The molecule has 0 radical (unpaired) electrons. The van der Waals surface area contributed by atoms with Crippen LogP contribution in [0.3, 0.4) is 0 Å². The minimum Gasteiger partial charge on any atom is -0.465 e. The van der Waals surface area contributed by atoms with Crippen molar-refractivity contribution in [1.82, 2.24) is 20.3 Å². The van der Waals surface area contributed by atoms with Crippen molar-refractivity contribution in [3.63, 3.8) is 0 Å². The summed E-state index contributed by atoms with van der Waals surface area (Å²) >= 11 is 5.90. The third-order valence-corrected chi connectivity index (χ3v) is 5.00. The molecular formula is C15H15ClN4O2. The maximum Gasteiger partial charge on any atom is 0.405 e. The van der Waals surface area contributed by atoms with Crippen molar-refractivity contribution in [2.24, 2.45) is 0 Å². The number of benzene rings is 1. The first-order valence-electron chi connectivity index (χ1n) is 7.13. The summed E-state index contributed by atoms with van der Waals surface area (Å²) in [4.78, 5) is 12.4. The summed E-state index contributed by atoms with van der Waals surface area (Å²) in [6.07, 6.45) is 1.49. The molecule has 2 aromatic rings. The summed E-state index contributed by atoms with van der Waals surface area (Å²) in [7, 11) is 0. The van der Waals surface area contributed by atoms with E-state index in [0.717, 1.165) is 36.3 Å². The first kappa shape index (κ1) is 13.6. The lowest BCUT2D eigenvalue weighted by Gasteiger charge is -2.69. The Labute approximate surface area is 132 Å². The second kappa shape index (κ2) is 4.23. The highest BCUT2D eigenvalue weighted by molar-refractivity contribution is 6.30. The van der Waals surface area contributed by atoms with Crippen LogP contribution in [0.15, 0.2) is 24.3 Å². The lowest BCUT2D eigenvalue weighted by molar-refractivity contribution is -0.0853. The predicted molar refractivity (Wildman–Crippen MR) is 80.5 cm³/mol. The van der Waals surface area contributed by atoms with Gasteiger partial charge in [0.2, 0.25) is 0 Å². The van der Waals surface area contributed by atoms with Crippen LogP contribution in [0.1, 0.15) is 30.7 Å². The summed E-state index contributed by atoms with van der Waals surface area (Å²) in [5.74, 6) is 0. The molecule has 0 saturated heterocycles. The van der Waals surface area contributed by atoms with Crippen LogP contribution in [0.4, 0.5) is 4.79 Å². The minimum absolute atomic E-state index is 0.00277. The van der Waals surface area contributed by atoms with Crippen molar-refractivity contribution in [2.75, 3.05) is 0 Å². The number of aryl methyl sites for hydroxylation is 1. The summed E-state index contributed by atoms with van der Waals surface area (Å²) in [6.45, 7) is 1.95. The number of carbonyl (C=O) groups is 1. The Kier molecular flexibility index (Phi) is 2.61. The average Bonchev–Trinajstić information content (AvgIpc) is 2.75. The zero-order valence-electron chi connectivity index (χ0n) is 12.0. The first-order chi connectivity index (χ1) is 10.4. The van der Waals surface area contributed by atoms with Crippen LogP contribution in [-0.4, -0.2) is 31.7 Å². The highest BCUT2D eigenvalue weighted by Gasteiger charge is 2.70. The molecule has 7 heteroatoms. The zero-order chi connectivity index (χ0) is 15.5. The highest BCUT2D eigenvalue weighted by atomic mass is 35.5. The normalized spacial score (nSPS) is 28.6. The van der Waals surface area contributed by atoms with E-state index in [-0.39, 0.29) is 11.0 Å². The van der Waals surface area contributed by atoms with Gasteiger partial charge in [0.25, 0.3) is 0 Å². The molecular weight excluding hydrogens is 304 g/mol. The molecule has 114 valence electrons. The van der Waals surface area contributed by atoms with Gasteiger partial charge in [-0.05, 0) is 50.5 Å². The van der Waals surface area contributed by atoms with Gasteiger partial charge in [0.15, 0.2) is 0 Å². The van der Waals surface area contributed by atoms with Crippen molar-refractivity contribution in [1.29, 1.82) is 0 Å². The Morgan fingerprint density at radius 2 is 1.91 bits per heavy atom. The maximum absolute atomic E-state index is 10.8. The molecule has 0 spiro atoms. The molecule has 1 heterocycles. The molecule has 1 amide bonds. The number of nitrogens with one attached hydrogen (secondary N) is 1. The fourth-order valence-corrected chi connectivity index (χ4v) is 4.08. The summed E-state index contributed by atoms with van der Waals surface area (Å²) < 4.78 is 0. The van der Waals surface area contributed by atoms with Gasteiger partial charge in [-0.15, -0.1) is 0 Å². The Bertz CT molecular complexity index is 749. The van der Waals surface area contributed by atoms with E-state index in [1.165, 1.54) is 0 Å². The van der Waals surface area contributed by atoms with Crippen LogP contribution < -0.4 is 5.32 Å². The molecule has 0 atom stereocenters. The van der Waals surface area contributed by atoms with Gasteiger partial charge in [0, 0.05) is 16.0 Å². The lowest BCUT2D eigenvalue weighted by Crippen LogP contribution is -2.76. The summed E-state index contributed by atoms with van der Waals surface area (Å²) in [5.41, 5.74) is 2.51. The van der Waals surface area contributed by atoms with Crippen molar-refractivity contribution in [2.45, 2.75) is 37.1 Å². The molecule has 3 aliphatic rings. The van der Waals surface area contributed by atoms with E-state index in [1.54, 1.807) is 4.80 Å². The monoisotopic (exact) mass is 318 g/mol. The largest absolute Gasteiger partial charge is 0.465 e. The highest BCUT2D eigenvalue weighted by Crippen LogP contribution is 2.67. The fourth-order valence-electron chi connectivity index (χ4n) is 3.96. The SMILES string of the molecule is Cc1nn(-c2ccc(Cl)cc2)nc1C12CC(NC(=O)O)(C1)C2. The molecule has 3 aliphatic carbocycles. The van der Waals surface area contributed by atoms with Crippen LogP contribution in [0.2, 0.25) is 5.02 Å². The molecule has 1 aromatic carbocycles. The standard InChI is InChI=1S/C15H15ClN4O2/c1-9-12(14-6-15(7-14,8-14)17-13(21)22)19-20(18-9)11-4-2-10(16)3-5-11/h2-5,17H,6-8H2,1H3,(H,21,22). The number of aromatic nitrogens is 3. The smallest absolute Gasteiger partial charge is 0.405 e. The first-order valence-corrected chi connectivity index (χ1v) is 7.51. The topological polar surface area (TPSA) is 80.0 Å². The van der Waals surface area contributed by atoms with E-state index in [1.807, 2.05) is 31.2 Å². The summed E-state index contributed by atoms with van der Waals surface area (Å²) in [5, 5.41) is 21.3. The van der Waals surface area contributed by atoms with E-state index < -0.39 is 6.09 Å². The van der Waals surface area contributed by atoms with E-state index in [9.17, 15) is 4.79 Å². The molecule has 5 rings (SSSR count). The molecule has 2 bridgehead atoms. The van der Waals surface area contributed by atoms with Gasteiger partial charge in [0.05, 0.1) is 17.1 Å². The quantitative estimate of drug-likeness (QED) is 0.911. The molecule has 0 unspecified atom stereocenters. The van der Waals surface area contributed by atoms with Crippen LogP contribution in [0, 0.1) is 6.92 Å². The fraction of sp³-hybridized carbons (Fsp3) is 0.400. The van der Waals surface area contributed by atoms with Crippen molar-refractivity contribution < 1.29 is 9.90 Å². The predicted octanol–water partition coefficient (Wildman–Crippen LogP) is 2.67. The molecule has 3 saturated carbocycles. The van der Waals surface area contributed by atoms with Crippen molar-refractivity contribution in [3.05, 3.63) is 40.7 Å². The third kappa shape index (κ3) is 1.83. The molecule has 0 aliphatic heterocycles. The van der Waals surface area contributed by atoms with E-state index in [0.29, 0.717) is 5.02 Å². The number of amides is 1. The number of nitrogens with zero attached hydrogens (tertiary/aromatic N) is 3. The Morgan fingerprint density at radius 1 is 1.27 bits per heavy atom. The van der Waals surface area contributed by atoms with Crippen LogP contribution in [0.5, 0.6) is 0 Å². The number of halogens is 1. The Morgan fingerprint density at radius 3 is 2.50 bits per heavy atom. The molecule has 1 aromatic heterocycles. The van der Waals surface area contributed by atoms with Gasteiger partial charge in [0.1, 0.15) is 0 Å². The van der Waals surface area contributed by atoms with Gasteiger partial charge < -0.3 is 10.4 Å². The van der Waals surface area contributed by atoms with Crippen LogP contribution in [0.25, 0.3) is 5.69 Å². The molecule has 22 heavy (non-hydrogen) atoms. The molecule has 6 nitrogen and oxygen atoms in total. The van der Waals surface area contributed by atoms with Crippen molar-refractivity contribution >= 4 is 17.7 Å². The van der Waals surface area contributed by atoms with E-state index in [4.69, 9.17) is 16.7 Å². The number of rotatable bonds is 3. The second-order valence-corrected chi connectivity index (χ2v) is 6.86. The van der Waals surface area contributed by atoms with Crippen LogP contribution >= 0.6 is 11.6 Å². The second-order valence-electron chi connectivity index (χ2n) is 6.42. The van der Waals surface area contributed by atoms with E-state index in [2.05, 4.69) is 15.5 Å². The average molecular weight is 319 g/mol. The van der Waals surface area contributed by atoms with Crippen molar-refractivity contribution in [3.8, 4) is 5.69 Å². The minimum atomic E-state index is -0.949. The van der Waals surface area contributed by atoms with Gasteiger partial charge in [-0.2, -0.15) is 15.0 Å². The number of carboxylic acid groups (broad SMARTS) is 1. The molecule has 3 fully saturated rings. The lowest BCUT2D eigenvalue weighted by atomic mass is 9.38. The van der Waals surface area contributed by atoms with E-state index >= 15 is 0 Å². The number of hydrogen-bond acceptors (Lipinski definition) is 3.